The summed E-state index contributed by atoms with van der Waals surface area (Å²) in [6.07, 6.45) is 3.67. The Morgan fingerprint density at radius 2 is 2.12 bits per heavy atom. The van der Waals surface area contributed by atoms with E-state index in [1.807, 2.05) is 0 Å². The van der Waals surface area contributed by atoms with Crippen molar-refractivity contribution in [3.8, 4) is 5.75 Å². The van der Waals surface area contributed by atoms with Crippen LogP contribution in [0.25, 0.3) is 0 Å². The number of alkyl halides is 1. The minimum absolute atomic E-state index is 0.138. The van der Waals surface area contributed by atoms with E-state index in [4.69, 9.17) is 16.3 Å². The number of nitrogens with one attached hydrogen (secondary N) is 1. The highest BCUT2D eigenvalue weighted by molar-refractivity contribution is 7.90. The fourth-order valence-electron chi connectivity index (χ4n) is 4.15. The Labute approximate surface area is 195 Å². The van der Waals surface area contributed by atoms with E-state index < -0.39 is 21.3 Å². The van der Waals surface area contributed by atoms with Gasteiger partial charge in [-0.3, -0.25) is 4.79 Å². The summed E-state index contributed by atoms with van der Waals surface area (Å²) in [7, 11) is -3.68. The molecular weight excluding hydrogens is 452 g/mol. The zero-order chi connectivity index (χ0) is 23.5. The van der Waals surface area contributed by atoms with E-state index in [0.29, 0.717) is 37.1 Å². The Bertz CT molecular complexity index is 994. The molecule has 1 aliphatic carbocycles. The minimum atomic E-state index is -3.68. The van der Waals surface area contributed by atoms with Crippen molar-refractivity contribution in [2.75, 3.05) is 42.8 Å². The van der Waals surface area contributed by atoms with Crippen LogP contribution in [-0.4, -0.2) is 57.4 Å². The lowest BCUT2D eigenvalue weighted by molar-refractivity contribution is 0.0936. The molecule has 9 heteroatoms. The lowest BCUT2D eigenvalue weighted by Gasteiger charge is -2.42. The maximum atomic E-state index is 12.6. The van der Waals surface area contributed by atoms with E-state index in [0.717, 1.165) is 18.4 Å². The van der Waals surface area contributed by atoms with Crippen molar-refractivity contribution in [1.29, 1.82) is 0 Å². The average Bonchev–Trinajstić information content (AvgIpc) is 2.93. The molecule has 1 heterocycles. The predicted molar refractivity (Wildman–Crippen MR) is 127 cm³/mol. The molecule has 32 heavy (non-hydrogen) atoms. The number of fused-ring (bicyclic) bond motifs is 1. The number of aliphatic hydroxyl groups is 1. The van der Waals surface area contributed by atoms with Gasteiger partial charge in [-0.05, 0) is 55.4 Å². The van der Waals surface area contributed by atoms with Crippen molar-refractivity contribution >= 4 is 33.2 Å². The summed E-state index contributed by atoms with van der Waals surface area (Å²) in [5.41, 5.74) is 1.11. The summed E-state index contributed by atoms with van der Waals surface area (Å²) in [6.45, 7) is 11.1. The Hall–Kier alpha value is -2.03. The van der Waals surface area contributed by atoms with Crippen molar-refractivity contribution in [1.82, 2.24) is 4.72 Å². The largest absolute Gasteiger partial charge is 0.490 e. The SMILES string of the molecule is C=CC(=C)[C@]1(CCl)COc2ccc(C(=O)NS(=O)(=O)CC)cc2N(C[C@@H]2CC[C@H]2CO)C1. The second-order valence-corrected chi connectivity index (χ2v) is 10.9. The molecule has 0 bridgehead atoms. The van der Waals surface area contributed by atoms with Gasteiger partial charge in [-0.25, -0.2) is 13.1 Å². The van der Waals surface area contributed by atoms with Crippen molar-refractivity contribution in [3.05, 3.63) is 48.6 Å². The number of hydrogen-bond acceptors (Lipinski definition) is 6. The van der Waals surface area contributed by atoms with Crippen LogP contribution in [0.15, 0.2) is 43.0 Å². The summed E-state index contributed by atoms with van der Waals surface area (Å²) in [6, 6.07) is 4.89. The van der Waals surface area contributed by atoms with E-state index >= 15 is 0 Å². The zero-order valence-electron chi connectivity index (χ0n) is 18.3. The number of nitrogens with zero attached hydrogens (tertiary/aromatic N) is 1. The van der Waals surface area contributed by atoms with Gasteiger partial charge in [-0.1, -0.05) is 19.2 Å². The fourth-order valence-corrected chi connectivity index (χ4v) is 5.03. The van der Waals surface area contributed by atoms with Crippen molar-refractivity contribution in [2.24, 2.45) is 17.3 Å². The number of halogens is 1. The molecule has 176 valence electrons. The number of allylic oxidation sites excluding steroid dienone is 1. The van der Waals surface area contributed by atoms with Gasteiger partial charge in [0, 0.05) is 31.1 Å². The quantitative estimate of drug-likeness (QED) is 0.415. The Kier molecular flexibility index (Phi) is 7.57. The molecule has 1 amide bonds. The van der Waals surface area contributed by atoms with Crippen LogP contribution in [0.3, 0.4) is 0 Å². The Morgan fingerprint density at radius 3 is 2.69 bits per heavy atom. The first kappa shape index (κ1) is 24.6. The van der Waals surface area contributed by atoms with Crippen LogP contribution in [-0.2, 0) is 10.0 Å². The number of ether oxygens (including phenoxy) is 1. The molecular formula is C23H31ClN2O5S. The van der Waals surface area contributed by atoms with Gasteiger partial charge < -0.3 is 14.7 Å². The lowest BCUT2D eigenvalue weighted by Crippen LogP contribution is -2.46. The van der Waals surface area contributed by atoms with E-state index in [1.165, 1.54) is 6.92 Å². The first-order valence-electron chi connectivity index (χ1n) is 10.7. The summed E-state index contributed by atoms with van der Waals surface area (Å²) >= 11 is 6.42. The molecule has 0 radical (unpaired) electrons. The second-order valence-electron chi connectivity index (χ2n) is 8.61. The second kappa shape index (κ2) is 9.85. The minimum Gasteiger partial charge on any atom is -0.490 e. The van der Waals surface area contributed by atoms with Crippen LogP contribution < -0.4 is 14.4 Å². The topological polar surface area (TPSA) is 95.9 Å². The Morgan fingerprint density at radius 1 is 1.41 bits per heavy atom. The van der Waals surface area contributed by atoms with Gasteiger partial charge in [0.2, 0.25) is 10.0 Å². The van der Waals surface area contributed by atoms with Gasteiger partial charge >= 0.3 is 0 Å². The molecule has 0 saturated heterocycles. The van der Waals surface area contributed by atoms with Gasteiger partial charge in [0.25, 0.3) is 5.91 Å². The highest BCUT2D eigenvalue weighted by atomic mass is 35.5. The normalized spacial score (nSPS) is 25.0. The number of amides is 1. The van der Waals surface area contributed by atoms with Gasteiger partial charge in [-0.2, -0.15) is 0 Å². The first-order valence-corrected chi connectivity index (χ1v) is 12.9. The Balaban J connectivity index is 1.99. The van der Waals surface area contributed by atoms with E-state index in [1.54, 1.807) is 24.3 Å². The predicted octanol–water partition coefficient (Wildman–Crippen LogP) is 2.95. The molecule has 7 nitrogen and oxygen atoms in total. The van der Waals surface area contributed by atoms with E-state index in [-0.39, 0.29) is 29.7 Å². The fraction of sp³-hybridized carbons (Fsp3) is 0.522. The monoisotopic (exact) mass is 482 g/mol. The lowest BCUT2D eigenvalue weighted by atomic mass is 9.73. The van der Waals surface area contributed by atoms with Crippen LogP contribution in [0.2, 0.25) is 0 Å². The number of aliphatic hydroxyl groups excluding tert-OH is 1. The third kappa shape index (κ3) is 4.97. The molecule has 2 aliphatic rings. The molecule has 1 aromatic carbocycles. The van der Waals surface area contributed by atoms with Crippen LogP contribution in [0, 0.1) is 17.3 Å². The average molecular weight is 483 g/mol. The van der Waals surface area contributed by atoms with Crippen LogP contribution in [0.1, 0.15) is 30.1 Å². The number of carbonyl (C=O) groups excluding carboxylic acids is 1. The van der Waals surface area contributed by atoms with Gasteiger partial charge in [-0.15, -0.1) is 11.6 Å². The number of carbonyl (C=O) groups is 1. The number of hydrogen-bond donors (Lipinski definition) is 2. The van der Waals surface area contributed by atoms with Gasteiger partial charge in [0.1, 0.15) is 12.4 Å². The van der Waals surface area contributed by atoms with Gasteiger partial charge in [0.15, 0.2) is 0 Å². The summed E-state index contributed by atoms with van der Waals surface area (Å²) < 4.78 is 31.9. The van der Waals surface area contributed by atoms with Crippen molar-refractivity contribution < 1.29 is 23.1 Å². The molecule has 1 aliphatic heterocycles. The van der Waals surface area contributed by atoms with E-state index in [9.17, 15) is 18.3 Å². The summed E-state index contributed by atoms with van der Waals surface area (Å²) in [5.74, 6) is 0.521. The molecule has 1 saturated carbocycles. The molecule has 1 aromatic rings. The zero-order valence-corrected chi connectivity index (χ0v) is 19.9. The third-order valence-electron chi connectivity index (χ3n) is 6.64. The smallest absolute Gasteiger partial charge is 0.264 e. The molecule has 3 atom stereocenters. The number of sulfonamides is 1. The summed E-state index contributed by atoms with van der Waals surface area (Å²) in [4.78, 5) is 14.7. The molecule has 2 N–H and O–H groups in total. The highest BCUT2D eigenvalue weighted by Gasteiger charge is 2.40. The molecule has 0 aromatic heterocycles. The number of benzene rings is 1. The van der Waals surface area contributed by atoms with Gasteiger partial charge in [0.05, 0.1) is 16.9 Å². The molecule has 0 unspecified atom stereocenters. The van der Waals surface area contributed by atoms with Crippen LogP contribution >= 0.6 is 11.6 Å². The van der Waals surface area contributed by atoms with Crippen molar-refractivity contribution in [3.63, 3.8) is 0 Å². The van der Waals surface area contributed by atoms with E-state index in [2.05, 4.69) is 22.8 Å². The maximum absolute atomic E-state index is 12.6. The van der Waals surface area contributed by atoms with Crippen LogP contribution in [0.5, 0.6) is 5.75 Å². The molecule has 3 rings (SSSR count). The highest BCUT2D eigenvalue weighted by Crippen LogP contribution is 2.43. The standard InChI is InChI=1S/C23H31ClN2O5S/c1-4-16(3)23(13-24)14-26(11-18-6-7-19(18)12-27)20-10-17(8-9-21(20)31-15-23)22(28)25-32(29,30)5-2/h4,8-10,18-19,27H,1,3,5-7,11-15H2,2H3,(H,25,28)/t18-,19-,23-/m0/s1. The first-order chi connectivity index (χ1) is 15.2. The molecule has 0 spiro atoms. The summed E-state index contributed by atoms with van der Waals surface area (Å²) in [5, 5.41) is 9.66. The number of anilines is 1. The van der Waals surface area contributed by atoms with Crippen molar-refractivity contribution in [2.45, 2.75) is 19.8 Å². The maximum Gasteiger partial charge on any atom is 0.264 e. The number of rotatable bonds is 9. The molecule has 1 fully saturated rings. The van der Waals surface area contributed by atoms with Crippen LogP contribution in [0.4, 0.5) is 5.69 Å². The third-order valence-corrected chi connectivity index (χ3v) is 8.40.